The van der Waals surface area contributed by atoms with Gasteiger partial charge in [0.05, 0.1) is 7.11 Å². The number of ether oxygens (including phenoxy) is 1. The SMILES string of the molecule is COc1ccc(C)cc1-n1ccc(C(=O)N2CCNCC2C)n1. The van der Waals surface area contributed by atoms with Crippen LogP contribution in [0.15, 0.2) is 30.5 Å². The van der Waals surface area contributed by atoms with Crippen molar-refractivity contribution in [3.05, 3.63) is 41.7 Å². The van der Waals surface area contributed by atoms with Gasteiger partial charge in [-0.2, -0.15) is 5.10 Å². The van der Waals surface area contributed by atoms with Crippen LogP contribution in [-0.4, -0.2) is 53.4 Å². The van der Waals surface area contributed by atoms with Gasteiger partial charge in [-0.05, 0) is 37.6 Å². The number of aryl methyl sites for hydroxylation is 1. The summed E-state index contributed by atoms with van der Waals surface area (Å²) >= 11 is 0. The van der Waals surface area contributed by atoms with Crippen molar-refractivity contribution in [2.45, 2.75) is 19.9 Å². The molecule has 3 rings (SSSR count). The van der Waals surface area contributed by atoms with Crippen LogP contribution in [0.1, 0.15) is 23.0 Å². The highest BCUT2D eigenvalue weighted by molar-refractivity contribution is 5.92. The molecule has 0 spiro atoms. The van der Waals surface area contributed by atoms with Crippen molar-refractivity contribution in [1.29, 1.82) is 0 Å². The summed E-state index contributed by atoms with van der Waals surface area (Å²) in [5.74, 6) is 0.706. The second-order valence-corrected chi connectivity index (χ2v) is 5.87. The number of piperazine rings is 1. The third-order valence-electron chi connectivity index (χ3n) is 4.15. The topological polar surface area (TPSA) is 59.4 Å². The molecule has 0 bridgehead atoms. The number of carbonyl (C=O) groups is 1. The predicted molar refractivity (Wildman–Crippen MR) is 88.2 cm³/mol. The summed E-state index contributed by atoms with van der Waals surface area (Å²) in [5.41, 5.74) is 2.40. The molecule has 1 aromatic heterocycles. The molecule has 6 heteroatoms. The van der Waals surface area contributed by atoms with E-state index in [-0.39, 0.29) is 11.9 Å². The van der Waals surface area contributed by atoms with Gasteiger partial charge < -0.3 is 15.0 Å². The van der Waals surface area contributed by atoms with Gasteiger partial charge in [0.15, 0.2) is 5.69 Å². The molecular formula is C17H22N4O2. The van der Waals surface area contributed by atoms with Gasteiger partial charge in [-0.25, -0.2) is 4.68 Å². The van der Waals surface area contributed by atoms with Crippen LogP contribution in [0.5, 0.6) is 5.75 Å². The number of nitrogens with zero attached hydrogens (tertiary/aromatic N) is 3. The normalized spacial score (nSPS) is 18.0. The highest BCUT2D eigenvalue weighted by atomic mass is 16.5. The van der Waals surface area contributed by atoms with Crippen molar-refractivity contribution in [1.82, 2.24) is 20.0 Å². The van der Waals surface area contributed by atoms with Crippen LogP contribution >= 0.6 is 0 Å². The highest BCUT2D eigenvalue weighted by Gasteiger charge is 2.25. The number of amides is 1. The summed E-state index contributed by atoms with van der Waals surface area (Å²) in [6.45, 7) is 6.41. The zero-order chi connectivity index (χ0) is 16.4. The van der Waals surface area contributed by atoms with Crippen LogP contribution in [0.2, 0.25) is 0 Å². The van der Waals surface area contributed by atoms with Gasteiger partial charge in [0.2, 0.25) is 0 Å². The molecule has 0 radical (unpaired) electrons. The quantitative estimate of drug-likeness (QED) is 0.935. The fourth-order valence-electron chi connectivity index (χ4n) is 2.84. The van der Waals surface area contributed by atoms with Crippen molar-refractivity contribution < 1.29 is 9.53 Å². The Kier molecular flexibility index (Phi) is 4.34. The molecule has 0 saturated carbocycles. The molecule has 1 fully saturated rings. The molecule has 2 heterocycles. The summed E-state index contributed by atoms with van der Waals surface area (Å²) in [6.07, 6.45) is 1.80. The Bertz CT molecular complexity index is 710. The van der Waals surface area contributed by atoms with E-state index in [0.717, 1.165) is 30.1 Å². The zero-order valence-electron chi connectivity index (χ0n) is 13.7. The molecule has 0 aliphatic carbocycles. The van der Waals surface area contributed by atoms with Crippen LogP contribution < -0.4 is 10.1 Å². The fraction of sp³-hybridized carbons (Fsp3) is 0.412. The first kappa shape index (κ1) is 15.6. The lowest BCUT2D eigenvalue weighted by atomic mass is 10.2. The highest BCUT2D eigenvalue weighted by Crippen LogP contribution is 2.23. The maximum Gasteiger partial charge on any atom is 0.274 e. The van der Waals surface area contributed by atoms with Crippen LogP contribution in [0.3, 0.4) is 0 Å². The third kappa shape index (κ3) is 3.07. The Morgan fingerprint density at radius 1 is 1.39 bits per heavy atom. The number of nitrogens with one attached hydrogen (secondary N) is 1. The van der Waals surface area contributed by atoms with Gasteiger partial charge in [-0.1, -0.05) is 6.07 Å². The molecule has 6 nitrogen and oxygen atoms in total. The number of hydrogen-bond acceptors (Lipinski definition) is 4. The average Bonchev–Trinajstić information content (AvgIpc) is 3.04. The molecule has 1 amide bonds. The van der Waals surface area contributed by atoms with Gasteiger partial charge in [0, 0.05) is 31.9 Å². The first-order chi connectivity index (χ1) is 11.1. The van der Waals surface area contributed by atoms with E-state index >= 15 is 0 Å². The lowest BCUT2D eigenvalue weighted by Crippen LogP contribution is -2.52. The lowest BCUT2D eigenvalue weighted by molar-refractivity contribution is 0.0649. The monoisotopic (exact) mass is 314 g/mol. The molecular weight excluding hydrogens is 292 g/mol. The molecule has 23 heavy (non-hydrogen) atoms. The Balaban J connectivity index is 1.88. The number of methoxy groups -OCH3 is 1. The standard InChI is InChI=1S/C17H22N4O2/c1-12-4-5-16(23-3)15(10-12)21-8-6-14(19-21)17(22)20-9-7-18-11-13(20)2/h4-6,8,10,13,18H,7,9,11H2,1-3H3. The van der Waals surface area contributed by atoms with Gasteiger partial charge in [0.1, 0.15) is 11.4 Å². The molecule has 1 aliphatic heterocycles. The summed E-state index contributed by atoms with van der Waals surface area (Å²) in [7, 11) is 1.63. The first-order valence-corrected chi connectivity index (χ1v) is 7.82. The number of benzene rings is 1. The molecule has 1 aliphatic rings. The molecule has 122 valence electrons. The maximum atomic E-state index is 12.7. The number of carbonyl (C=O) groups excluding carboxylic acids is 1. The first-order valence-electron chi connectivity index (χ1n) is 7.82. The molecule has 1 unspecified atom stereocenters. The van der Waals surface area contributed by atoms with Gasteiger partial charge >= 0.3 is 0 Å². The predicted octanol–water partition coefficient (Wildman–Crippen LogP) is 1.62. The van der Waals surface area contributed by atoms with Crippen molar-refractivity contribution in [2.75, 3.05) is 26.7 Å². The average molecular weight is 314 g/mol. The van der Waals surface area contributed by atoms with Gasteiger partial charge in [-0.15, -0.1) is 0 Å². The smallest absolute Gasteiger partial charge is 0.274 e. The van der Waals surface area contributed by atoms with E-state index in [4.69, 9.17) is 4.74 Å². The van der Waals surface area contributed by atoms with Crippen molar-refractivity contribution >= 4 is 5.91 Å². The van der Waals surface area contributed by atoms with E-state index in [1.807, 2.05) is 36.9 Å². The summed E-state index contributed by atoms with van der Waals surface area (Å²) in [4.78, 5) is 14.5. The van der Waals surface area contributed by atoms with Crippen molar-refractivity contribution in [3.8, 4) is 11.4 Å². The van der Waals surface area contributed by atoms with E-state index in [2.05, 4.69) is 10.4 Å². The van der Waals surface area contributed by atoms with Gasteiger partial charge in [-0.3, -0.25) is 4.79 Å². The number of aromatic nitrogens is 2. The van der Waals surface area contributed by atoms with E-state index in [0.29, 0.717) is 12.2 Å². The second kappa shape index (κ2) is 6.42. The van der Waals surface area contributed by atoms with E-state index in [9.17, 15) is 4.79 Å². The number of hydrogen-bond donors (Lipinski definition) is 1. The largest absolute Gasteiger partial charge is 0.494 e. The van der Waals surface area contributed by atoms with Gasteiger partial charge in [0.25, 0.3) is 5.91 Å². The van der Waals surface area contributed by atoms with Crippen LogP contribution in [-0.2, 0) is 0 Å². The van der Waals surface area contributed by atoms with Crippen molar-refractivity contribution in [3.63, 3.8) is 0 Å². The van der Waals surface area contributed by atoms with E-state index in [1.165, 1.54) is 0 Å². The Labute approximate surface area is 136 Å². The number of rotatable bonds is 3. The second-order valence-electron chi connectivity index (χ2n) is 5.87. The molecule has 1 N–H and O–H groups in total. The zero-order valence-corrected chi connectivity index (χ0v) is 13.7. The van der Waals surface area contributed by atoms with Crippen LogP contribution in [0.4, 0.5) is 0 Å². The van der Waals surface area contributed by atoms with Crippen molar-refractivity contribution in [2.24, 2.45) is 0 Å². The van der Waals surface area contributed by atoms with Crippen LogP contribution in [0, 0.1) is 6.92 Å². The minimum atomic E-state index is -0.0237. The molecule has 1 saturated heterocycles. The van der Waals surface area contributed by atoms with Crippen LogP contribution in [0.25, 0.3) is 5.69 Å². The minimum Gasteiger partial charge on any atom is -0.494 e. The molecule has 1 aromatic carbocycles. The summed E-state index contributed by atoms with van der Waals surface area (Å²) < 4.78 is 7.09. The van der Waals surface area contributed by atoms with E-state index < -0.39 is 0 Å². The Hall–Kier alpha value is -2.34. The lowest BCUT2D eigenvalue weighted by Gasteiger charge is -2.33. The molecule has 1 atom stereocenters. The third-order valence-corrected chi connectivity index (χ3v) is 4.15. The Morgan fingerprint density at radius 2 is 2.22 bits per heavy atom. The summed E-state index contributed by atoms with van der Waals surface area (Å²) in [5, 5.41) is 7.75. The summed E-state index contributed by atoms with van der Waals surface area (Å²) in [6, 6.07) is 7.83. The fourth-order valence-corrected chi connectivity index (χ4v) is 2.84. The minimum absolute atomic E-state index is 0.0237. The maximum absolute atomic E-state index is 12.7. The molecule has 2 aromatic rings. The van der Waals surface area contributed by atoms with E-state index in [1.54, 1.807) is 24.1 Å². The Morgan fingerprint density at radius 3 is 2.96 bits per heavy atom.